The van der Waals surface area contributed by atoms with Gasteiger partial charge in [-0.05, 0) is 17.9 Å². The Bertz CT molecular complexity index is 616. The number of aryl methyl sites for hydroxylation is 1. The molecule has 3 rings (SSSR count). The molecule has 1 aromatic carbocycles. The molecule has 1 aliphatic heterocycles. The second kappa shape index (κ2) is 4.93. The van der Waals surface area contributed by atoms with Gasteiger partial charge in [-0.1, -0.05) is 32.0 Å². The molecule has 1 aromatic heterocycles. The van der Waals surface area contributed by atoms with Crippen LogP contribution in [0.25, 0.3) is 0 Å². The van der Waals surface area contributed by atoms with Gasteiger partial charge in [0.05, 0.1) is 7.11 Å². The van der Waals surface area contributed by atoms with Gasteiger partial charge in [0.1, 0.15) is 17.4 Å². The van der Waals surface area contributed by atoms with Gasteiger partial charge in [-0.2, -0.15) is 0 Å². The molecule has 2 aromatic rings. The van der Waals surface area contributed by atoms with Crippen molar-refractivity contribution in [3.8, 4) is 5.75 Å². The monoisotopic (exact) mass is 271 g/mol. The molecular formula is C16H21N3O. The van der Waals surface area contributed by atoms with Gasteiger partial charge < -0.3 is 9.30 Å². The fourth-order valence-electron chi connectivity index (χ4n) is 2.85. The summed E-state index contributed by atoms with van der Waals surface area (Å²) in [7, 11) is 1.71. The van der Waals surface area contributed by atoms with Crippen molar-refractivity contribution < 1.29 is 4.74 Å². The van der Waals surface area contributed by atoms with E-state index in [4.69, 9.17) is 4.74 Å². The average molecular weight is 271 g/mol. The third-order valence-corrected chi connectivity index (χ3v) is 4.06. The molecule has 2 heterocycles. The van der Waals surface area contributed by atoms with Gasteiger partial charge in [0.2, 0.25) is 0 Å². The number of nitrogens with zero attached hydrogens (tertiary/aromatic N) is 3. The highest BCUT2D eigenvalue weighted by Gasteiger charge is 2.28. The molecule has 0 atom stereocenters. The Balaban J connectivity index is 1.91. The SMILES string of the molecule is COc1ccccc1Cc1nnc2n1CC(C)(C)CC2. The molecule has 0 bridgehead atoms. The Kier molecular flexibility index (Phi) is 3.24. The van der Waals surface area contributed by atoms with Crippen LogP contribution >= 0.6 is 0 Å². The fraction of sp³-hybridized carbons (Fsp3) is 0.500. The largest absolute Gasteiger partial charge is 0.496 e. The maximum Gasteiger partial charge on any atom is 0.137 e. The van der Waals surface area contributed by atoms with Crippen molar-refractivity contribution in [1.82, 2.24) is 14.8 Å². The van der Waals surface area contributed by atoms with Crippen molar-refractivity contribution in [1.29, 1.82) is 0 Å². The maximum atomic E-state index is 5.42. The number of para-hydroxylation sites is 1. The van der Waals surface area contributed by atoms with Crippen molar-refractivity contribution in [3.63, 3.8) is 0 Å². The molecule has 4 heteroatoms. The van der Waals surface area contributed by atoms with E-state index in [0.717, 1.165) is 42.3 Å². The highest BCUT2D eigenvalue weighted by molar-refractivity contribution is 5.35. The van der Waals surface area contributed by atoms with E-state index < -0.39 is 0 Å². The number of hydrogen-bond acceptors (Lipinski definition) is 3. The van der Waals surface area contributed by atoms with Crippen LogP contribution in [-0.2, 0) is 19.4 Å². The highest BCUT2D eigenvalue weighted by Crippen LogP contribution is 2.31. The first-order valence-electron chi connectivity index (χ1n) is 7.12. The van der Waals surface area contributed by atoms with Gasteiger partial charge in [0.15, 0.2) is 0 Å². The summed E-state index contributed by atoms with van der Waals surface area (Å²) in [5, 5.41) is 8.74. The molecule has 0 saturated heterocycles. The highest BCUT2D eigenvalue weighted by atomic mass is 16.5. The molecule has 0 saturated carbocycles. The van der Waals surface area contributed by atoms with E-state index in [1.807, 2.05) is 18.2 Å². The Morgan fingerprint density at radius 2 is 2.05 bits per heavy atom. The van der Waals surface area contributed by atoms with Crippen molar-refractivity contribution in [2.45, 2.75) is 39.7 Å². The van der Waals surface area contributed by atoms with Crippen LogP contribution in [0.2, 0.25) is 0 Å². The molecule has 0 spiro atoms. The zero-order valence-electron chi connectivity index (χ0n) is 12.4. The van der Waals surface area contributed by atoms with E-state index in [-0.39, 0.29) is 0 Å². The molecule has 20 heavy (non-hydrogen) atoms. The summed E-state index contributed by atoms with van der Waals surface area (Å²) in [4.78, 5) is 0. The summed E-state index contributed by atoms with van der Waals surface area (Å²) in [6, 6.07) is 8.11. The van der Waals surface area contributed by atoms with Crippen LogP contribution in [-0.4, -0.2) is 21.9 Å². The Morgan fingerprint density at radius 3 is 2.85 bits per heavy atom. The molecule has 0 fully saturated rings. The molecule has 0 unspecified atom stereocenters. The standard InChI is InChI=1S/C16H21N3O/c1-16(2)9-8-14-17-18-15(19(14)11-16)10-12-6-4-5-7-13(12)20-3/h4-7H,8-11H2,1-3H3. The lowest BCUT2D eigenvalue weighted by atomic mass is 9.85. The maximum absolute atomic E-state index is 5.42. The number of hydrogen-bond donors (Lipinski definition) is 0. The number of ether oxygens (including phenoxy) is 1. The number of benzene rings is 1. The number of aromatic nitrogens is 3. The third-order valence-electron chi connectivity index (χ3n) is 4.06. The fourth-order valence-corrected chi connectivity index (χ4v) is 2.85. The van der Waals surface area contributed by atoms with Crippen LogP contribution < -0.4 is 4.74 Å². The van der Waals surface area contributed by atoms with E-state index in [1.165, 1.54) is 6.42 Å². The van der Waals surface area contributed by atoms with Gasteiger partial charge in [-0.3, -0.25) is 0 Å². The molecule has 0 aliphatic carbocycles. The molecule has 0 amide bonds. The zero-order valence-corrected chi connectivity index (χ0v) is 12.4. The molecular weight excluding hydrogens is 250 g/mol. The Labute approximate surface area is 119 Å². The molecule has 1 aliphatic rings. The van der Waals surface area contributed by atoms with Gasteiger partial charge >= 0.3 is 0 Å². The number of fused-ring (bicyclic) bond motifs is 1. The molecule has 4 nitrogen and oxygen atoms in total. The minimum absolute atomic E-state index is 0.324. The van der Waals surface area contributed by atoms with Gasteiger partial charge in [0, 0.05) is 24.9 Å². The lowest BCUT2D eigenvalue weighted by Gasteiger charge is -2.30. The van der Waals surface area contributed by atoms with E-state index in [0.29, 0.717) is 5.41 Å². The van der Waals surface area contributed by atoms with Crippen LogP contribution in [0.3, 0.4) is 0 Å². The summed E-state index contributed by atoms with van der Waals surface area (Å²) in [5.74, 6) is 3.08. The third kappa shape index (κ3) is 2.42. The predicted molar refractivity (Wildman–Crippen MR) is 77.9 cm³/mol. The minimum Gasteiger partial charge on any atom is -0.496 e. The first-order chi connectivity index (χ1) is 9.59. The second-order valence-corrected chi connectivity index (χ2v) is 6.27. The van der Waals surface area contributed by atoms with Crippen molar-refractivity contribution >= 4 is 0 Å². The van der Waals surface area contributed by atoms with Crippen molar-refractivity contribution in [2.75, 3.05) is 7.11 Å². The van der Waals surface area contributed by atoms with Crippen LogP contribution in [0, 0.1) is 5.41 Å². The minimum atomic E-state index is 0.324. The normalized spacial score (nSPS) is 16.8. The van der Waals surface area contributed by atoms with E-state index in [1.54, 1.807) is 7.11 Å². The molecule has 106 valence electrons. The van der Waals surface area contributed by atoms with Gasteiger partial charge in [-0.25, -0.2) is 0 Å². The van der Waals surface area contributed by atoms with Crippen LogP contribution in [0.15, 0.2) is 24.3 Å². The van der Waals surface area contributed by atoms with E-state index >= 15 is 0 Å². The van der Waals surface area contributed by atoms with Crippen LogP contribution in [0.4, 0.5) is 0 Å². The summed E-state index contributed by atoms with van der Waals surface area (Å²) in [5.41, 5.74) is 1.49. The van der Waals surface area contributed by atoms with Crippen molar-refractivity contribution in [3.05, 3.63) is 41.5 Å². The Hall–Kier alpha value is -1.84. The summed E-state index contributed by atoms with van der Waals surface area (Å²) >= 11 is 0. The van der Waals surface area contributed by atoms with Crippen molar-refractivity contribution in [2.24, 2.45) is 5.41 Å². The van der Waals surface area contributed by atoms with Gasteiger partial charge in [-0.15, -0.1) is 10.2 Å². The summed E-state index contributed by atoms with van der Waals surface area (Å²) < 4.78 is 7.71. The number of methoxy groups -OCH3 is 1. The summed E-state index contributed by atoms with van der Waals surface area (Å²) in [6.07, 6.45) is 2.97. The lowest BCUT2D eigenvalue weighted by Crippen LogP contribution is -2.28. The Morgan fingerprint density at radius 1 is 1.25 bits per heavy atom. The lowest BCUT2D eigenvalue weighted by molar-refractivity contribution is 0.244. The first kappa shape index (κ1) is 13.2. The number of rotatable bonds is 3. The average Bonchev–Trinajstić information content (AvgIpc) is 2.80. The first-order valence-corrected chi connectivity index (χ1v) is 7.12. The predicted octanol–water partition coefficient (Wildman–Crippen LogP) is 2.85. The smallest absolute Gasteiger partial charge is 0.137 e. The van der Waals surface area contributed by atoms with Gasteiger partial charge in [0.25, 0.3) is 0 Å². The molecule has 0 N–H and O–H groups in total. The molecule has 0 radical (unpaired) electrons. The topological polar surface area (TPSA) is 39.9 Å². The summed E-state index contributed by atoms with van der Waals surface area (Å²) in [6.45, 7) is 5.62. The second-order valence-electron chi connectivity index (χ2n) is 6.27. The van der Waals surface area contributed by atoms with E-state index in [2.05, 4.69) is 34.7 Å². The van der Waals surface area contributed by atoms with Crippen LogP contribution in [0.1, 0.15) is 37.5 Å². The zero-order chi connectivity index (χ0) is 14.2. The quantitative estimate of drug-likeness (QED) is 0.861. The van der Waals surface area contributed by atoms with Crippen LogP contribution in [0.5, 0.6) is 5.75 Å². The van der Waals surface area contributed by atoms with E-state index in [9.17, 15) is 0 Å².